The van der Waals surface area contributed by atoms with Gasteiger partial charge in [0.1, 0.15) is 11.5 Å². The molecule has 0 aromatic heterocycles. The lowest BCUT2D eigenvalue weighted by molar-refractivity contribution is 0.206. The minimum atomic E-state index is -0.0922. The first-order chi connectivity index (χ1) is 11.6. The summed E-state index contributed by atoms with van der Waals surface area (Å²) in [5.74, 6) is 1.41. The van der Waals surface area contributed by atoms with Crippen LogP contribution in [0, 0.1) is 0 Å². The number of carbonyl (C=O) groups is 1. The summed E-state index contributed by atoms with van der Waals surface area (Å²) < 4.78 is 5.39. The Labute approximate surface area is 141 Å². The molecule has 1 aliphatic rings. The van der Waals surface area contributed by atoms with Gasteiger partial charge in [0.25, 0.3) is 0 Å². The van der Waals surface area contributed by atoms with E-state index in [1.807, 2.05) is 30.3 Å². The Morgan fingerprint density at radius 2 is 1.96 bits per heavy atom. The van der Waals surface area contributed by atoms with Gasteiger partial charge in [-0.1, -0.05) is 30.3 Å². The molecular formula is C19H22N2O3. The fourth-order valence-electron chi connectivity index (χ4n) is 2.89. The number of phenolic OH excluding ortho intramolecular Hbond substituents is 1. The monoisotopic (exact) mass is 326 g/mol. The van der Waals surface area contributed by atoms with Gasteiger partial charge in [-0.25, -0.2) is 4.79 Å². The minimum absolute atomic E-state index is 0.0922. The number of methoxy groups -OCH3 is 1. The van der Waals surface area contributed by atoms with E-state index in [-0.39, 0.29) is 17.8 Å². The van der Waals surface area contributed by atoms with Gasteiger partial charge < -0.3 is 20.1 Å². The second-order valence-corrected chi connectivity index (χ2v) is 6.16. The second-order valence-electron chi connectivity index (χ2n) is 6.16. The first-order valence-electron chi connectivity index (χ1n) is 8.01. The van der Waals surface area contributed by atoms with Crippen molar-refractivity contribution in [2.24, 2.45) is 0 Å². The van der Waals surface area contributed by atoms with Crippen molar-refractivity contribution < 1.29 is 14.6 Å². The van der Waals surface area contributed by atoms with Gasteiger partial charge in [-0.05, 0) is 35.7 Å². The molecule has 1 saturated carbocycles. The number of hydrogen-bond acceptors (Lipinski definition) is 3. The van der Waals surface area contributed by atoms with E-state index >= 15 is 0 Å². The number of hydrogen-bond donors (Lipinski definition) is 2. The molecule has 1 aliphatic carbocycles. The third-order valence-electron chi connectivity index (χ3n) is 4.34. The van der Waals surface area contributed by atoms with Crippen molar-refractivity contribution in [3.8, 4) is 11.5 Å². The number of urea groups is 1. The van der Waals surface area contributed by atoms with Crippen molar-refractivity contribution >= 4 is 6.03 Å². The van der Waals surface area contributed by atoms with E-state index < -0.39 is 0 Å². The van der Waals surface area contributed by atoms with Crippen LogP contribution >= 0.6 is 0 Å². The van der Waals surface area contributed by atoms with E-state index in [1.165, 1.54) is 0 Å². The van der Waals surface area contributed by atoms with Crippen molar-refractivity contribution in [2.45, 2.75) is 24.9 Å². The number of rotatable bonds is 5. The third-order valence-corrected chi connectivity index (χ3v) is 4.34. The van der Waals surface area contributed by atoms with Gasteiger partial charge in [-0.2, -0.15) is 0 Å². The number of aromatic hydroxyl groups is 1. The molecule has 5 nitrogen and oxygen atoms in total. The van der Waals surface area contributed by atoms with E-state index in [0.29, 0.717) is 12.5 Å². The van der Waals surface area contributed by atoms with Crippen LogP contribution < -0.4 is 10.1 Å². The van der Waals surface area contributed by atoms with Crippen molar-refractivity contribution in [1.82, 2.24) is 10.2 Å². The Morgan fingerprint density at radius 3 is 2.67 bits per heavy atom. The third kappa shape index (κ3) is 3.62. The summed E-state index contributed by atoms with van der Waals surface area (Å²) in [5, 5.41) is 12.4. The largest absolute Gasteiger partial charge is 0.508 e. The maximum atomic E-state index is 12.3. The SMILES string of the molecule is COc1ccccc1[C@@H]1C[C@@H]1NC(=O)N(C)Cc1ccc(O)cc1. The Morgan fingerprint density at radius 1 is 1.25 bits per heavy atom. The summed E-state index contributed by atoms with van der Waals surface area (Å²) in [6.07, 6.45) is 0.930. The average molecular weight is 326 g/mol. The Hall–Kier alpha value is -2.69. The molecule has 0 unspecified atom stereocenters. The van der Waals surface area contributed by atoms with Crippen LogP contribution in [0.5, 0.6) is 11.5 Å². The van der Waals surface area contributed by atoms with Gasteiger partial charge in [-0.15, -0.1) is 0 Å². The lowest BCUT2D eigenvalue weighted by atomic mass is 10.1. The molecule has 0 radical (unpaired) electrons. The molecular weight excluding hydrogens is 304 g/mol. The van der Waals surface area contributed by atoms with Crippen LogP contribution in [0.15, 0.2) is 48.5 Å². The molecule has 0 aliphatic heterocycles. The number of carbonyl (C=O) groups excluding carboxylic acids is 1. The Balaban J connectivity index is 1.55. The molecule has 2 aromatic rings. The zero-order valence-corrected chi connectivity index (χ0v) is 13.9. The maximum Gasteiger partial charge on any atom is 0.317 e. The summed E-state index contributed by atoms with van der Waals surface area (Å²) in [7, 11) is 3.43. The zero-order chi connectivity index (χ0) is 17.1. The van der Waals surface area contributed by atoms with Gasteiger partial charge in [0.05, 0.1) is 7.11 Å². The van der Waals surface area contributed by atoms with E-state index in [1.54, 1.807) is 31.2 Å². The summed E-state index contributed by atoms with van der Waals surface area (Å²) in [6, 6.07) is 14.9. The summed E-state index contributed by atoms with van der Waals surface area (Å²) in [4.78, 5) is 14.0. The van der Waals surface area contributed by atoms with Gasteiger partial charge >= 0.3 is 6.03 Å². The van der Waals surface area contributed by atoms with Crippen molar-refractivity contribution in [3.63, 3.8) is 0 Å². The molecule has 2 aromatic carbocycles. The average Bonchev–Trinajstić information content (AvgIpc) is 3.35. The number of benzene rings is 2. The summed E-state index contributed by atoms with van der Waals surface area (Å²) in [5.41, 5.74) is 2.12. The number of ether oxygens (including phenoxy) is 1. The predicted octanol–water partition coefficient (Wildman–Crippen LogP) is 3.10. The maximum absolute atomic E-state index is 12.3. The van der Waals surface area contributed by atoms with Crippen molar-refractivity contribution in [1.29, 1.82) is 0 Å². The highest BCUT2D eigenvalue weighted by Gasteiger charge is 2.41. The van der Waals surface area contributed by atoms with Gasteiger partial charge in [0, 0.05) is 25.6 Å². The fraction of sp³-hybridized carbons (Fsp3) is 0.316. The summed E-state index contributed by atoms with van der Waals surface area (Å²) >= 11 is 0. The second kappa shape index (κ2) is 6.83. The molecule has 126 valence electrons. The molecule has 0 bridgehead atoms. The molecule has 2 atom stereocenters. The van der Waals surface area contributed by atoms with Crippen LogP contribution in [-0.4, -0.2) is 36.2 Å². The predicted molar refractivity (Wildman–Crippen MR) is 92.2 cm³/mol. The quantitative estimate of drug-likeness (QED) is 0.887. The zero-order valence-electron chi connectivity index (χ0n) is 13.9. The number of amides is 2. The van der Waals surface area contributed by atoms with Crippen LogP contribution in [0.4, 0.5) is 4.79 Å². The summed E-state index contributed by atoms with van der Waals surface area (Å²) in [6.45, 7) is 0.498. The van der Waals surface area contributed by atoms with Gasteiger partial charge in [0.15, 0.2) is 0 Å². The molecule has 2 amide bonds. The smallest absolute Gasteiger partial charge is 0.317 e. The number of nitrogens with one attached hydrogen (secondary N) is 1. The van der Waals surface area contributed by atoms with Crippen LogP contribution in [0.25, 0.3) is 0 Å². The molecule has 5 heteroatoms. The first kappa shape index (κ1) is 16.2. The molecule has 2 N–H and O–H groups in total. The normalized spacial score (nSPS) is 18.8. The standard InChI is InChI=1S/C19H22N2O3/c1-21(12-13-7-9-14(22)10-8-13)19(23)20-17-11-16(17)15-5-3-4-6-18(15)24-2/h3-10,16-17,22H,11-12H2,1-2H3,(H,20,23)/t16-,17-/m0/s1. The van der Waals surface area contributed by atoms with Crippen LogP contribution in [0.3, 0.4) is 0 Å². The van der Waals surface area contributed by atoms with Gasteiger partial charge in [0.2, 0.25) is 0 Å². The Kier molecular flexibility index (Phi) is 4.60. The topological polar surface area (TPSA) is 61.8 Å². The van der Waals surface area contributed by atoms with Crippen LogP contribution in [0.2, 0.25) is 0 Å². The van der Waals surface area contributed by atoms with Crippen molar-refractivity contribution in [3.05, 3.63) is 59.7 Å². The molecule has 3 rings (SSSR count). The first-order valence-corrected chi connectivity index (χ1v) is 8.01. The van der Waals surface area contributed by atoms with E-state index in [9.17, 15) is 9.90 Å². The molecule has 24 heavy (non-hydrogen) atoms. The highest BCUT2D eigenvalue weighted by atomic mass is 16.5. The number of para-hydroxylation sites is 1. The van der Waals surface area contributed by atoms with Crippen LogP contribution in [0.1, 0.15) is 23.5 Å². The molecule has 1 fully saturated rings. The minimum Gasteiger partial charge on any atom is -0.508 e. The van der Waals surface area contributed by atoms with E-state index in [4.69, 9.17) is 4.74 Å². The van der Waals surface area contributed by atoms with Crippen molar-refractivity contribution in [2.75, 3.05) is 14.2 Å². The Bertz CT molecular complexity index is 715. The molecule has 0 heterocycles. The van der Waals surface area contributed by atoms with E-state index in [0.717, 1.165) is 23.3 Å². The number of nitrogens with zero attached hydrogens (tertiary/aromatic N) is 1. The fourth-order valence-corrected chi connectivity index (χ4v) is 2.89. The van der Waals surface area contributed by atoms with Crippen LogP contribution in [-0.2, 0) is 6.54 Å². The molecule has 0 saturated heterocycles. The lowest BCUT2D eigenvalue weighted by Crippen LogP contribution is -2.38. The lowest BCUT2D eigenvalue weighted by Gasteiger charge is -2.18. The highest BCUT2D eigenvalue weighted by Crippen LogP contribution is 2.44. The molecule has 0 spiro atoms. The highest BCUT2D eigenvalue weighted by molar-refractivity contribution is 5.75. The number of phenols is 1. The van der Waals surface area contributed by atoms with Gasteiger partial charge in [-0.3, -0.25) is 0 Å². The van der Waals surface area contributed by atoms with E-state index in [2.05, 4.69) is 11.4 Å².